The summed E-state index contributed by atoms with van der Waals surface area (Å²) >= 11 is 1.75. The first-order chi connectivity index (χ1) is 10.8. The average Bonchev–Trinajstić information content (AvgIpc) is 3.04. The summed E-state index contributed by atoms with van der Waals surface area (Å²) in [4.78, 5) is 18.1. The molecule has 110 valence electrons. The molecule has 0 amide bonds. The van der Waals surface area contributed by atoms with Crippen LogP contribution in [0.5, 0.6) is 0 Å². The van der Waals surface area contributed by atoms with Crippen molar-refractivity contribution < 1.29 is 4.39 Å². The average molecular weight is 313 g/mol. The van der Waals surface area contributed by atoms with E-state index in [-0.39, 0.29) is 0 Å². The Morgan fingerprint density at radius 3 is 3.14 bits per heavy atom. The number of pyridine rings is 1. The van der Waals surface area contributed by atoms with Gasteiger partial charge < -0.3 is 9.88 Å². The van der Waals surface area contributed by atoms with Gasteiger partial charge in [0, 0.05) is 46.7 Å². The van der Waals surface area contributed by atoms with E-state index in [1.807, 2.05) is 29.4 Å². The van der Waals surface area contributed by atoms with E-state index >= 15 is 0 Å². The van der Waals surface area contributed by atoms with Crippen molar-refractivity contribution in [2.24, 2.45) is 0 Å². The Labute approximate surface area is 130 Å². The molecule has 1 N–H and O–H groups in total. The van der Waals surface area contributed by atoms with Gasteiger partial charge in [0.15, 0.2) is 11.6 Å². The zero-order chi connectivity index (χ0) is 14.9. The highest BCUT2D eigenvalue weighted by Crippen LogP contribution is 2.36. The number of H-pyrrole nitrogens is 1. The number of thioether (sulfide) groups is 1. The Kier molecular flexibility index (Phi) is 3.27. The fourth-order valence-electron chi connectivity index (χ4n) is 2.50. The quantitative estimate of drug-likeness (QED) is 0.788. The Bertz CT molecular complexity index is 860. The SMILES string of the molecule is Fc1cncnc1N1C=C(c2ccnc3[nH]ccc23)SCC1. The number of rotatable bonds is 2. The minimum atomic E-state index is -0.411. The number of fused-ring (bicyclic) bond motifs is 1. The zero-order valence-corrected chi connectivity index (χ0v) is 12.3. The Balaban J connectivity index is 1.79. The number of nitrogens with one attached hydrogen (secondary N) is 1. The van der Waals surface area contributed by atoms with Crippen LogP contribution in [0.15, 0.2) is 43.3 Å². The van der Waals surface area contributed by atoms with Crippen LogP contribution in [-0.4, -0.2) is 32.2 Å². The van der Waals surface area contributed by atoms with Crippen LogP contribution in [0.3, 0.4) is 0 Å². The lowest BCUT2D eigenvalue weighted by molar-refractivity contribution is 0.610. The van der Waals surface area contributed by atoms with E-state index in [4.69, 9.17) is 0 Å². The van der Waals surface area contributed by atoms with Crippen LogP contribution in [0, 0.1) is 5.82 Å². The Hall–Kier alpha value is -2.41. The molecular formula is C15H12FN5S. The van der Waals surface area contributed by atoms with Gasteiger partial charge in [-0.3, -0.25) is 0 Å². The Morgan fingerprint density at radius 2 is 2.23 bits per heavy atom. The van der Waals surface area contributed by atoms with Crippen molar-refractivity contribution in [2.45, 2.75) is 0 Å². The maximum absolute atomic E-state index is 13.9. The summed E-state index contributed by atoms with van der Waals surface area (Å²) in [5.74, 6) is 0.766. The van der Waals surface area contributed by atoms with Crippen molar-refractivity contribution in [3.8, 4) is 0 Å². The maximum Gasteiger partial charge on any atom is 0.184 e. The third kappa shape index (κ3) is 2.23. The lowest BCUT2D eigenvalue weighted by atomic mass is 10.2. The largest absolute Gasteiger partial charge is 0.346 e. The van der Waals surface area contributed by atoms with Gasteiger partial charge >= 0.3 is 0 Å². The molecule has 0 unspecified atom stereocenters. The lowest BCUT2D eigenvalue weighted by Gasteiger charge is -2.25. The van der Waals surface area contributed by atoms with Gasteiger partial charge in [0.05, 0.1) is 6.20 Å². The van der Waals surface area contributed by atoms with Crippen molar-refractivity contribution in [1.29, 1.82) is 0 Å². The summed E-state index contributed by atoms with van der Waals surface area (Å²) in [6.07, 6.45) is 8.15. The van der Waals surface area contributed by atoms with Gasteiger partial charge in [-0.2, -0.15) is 0 Å². The minimum Gasteiger partial charge on any atom is -0.346 e. The summed E-state index contributed by atoms with van der Waals surface area (Å²) in [6.45, 7) is 0.712. The molecule has 0 bridgehead atoms. The second-order valence-corrected chi connectivity index (χ2v) is 5.96. The van der Waals surface area contributed by atoms with Crippen LogP contribution in [0.4, 0.5) is 10.2 Å². The van der Waals surface area contributed by atoms with Crippen LogP contribution in [0.2, 0.25) is 0 Å². The summed E-state index contributed by atoms with van der Waals surface area (Å²) < 4.78 is 13.9. The molecular weight excluding hydrogens is 301 g/mol. The molecule has 0 saturated carbocycles. The molecule has 0 saturated heterocycles. The number of anilines is 1. The highest BCUT2D eigenvalue weighted by atomic mass is 32.2. The molecule has 0 aliphatic carbocycles. The second kappa shape index (κ2) is 5.42. The highest BCUT2D eigenvalue weighted by molar-refractivity contribution is 8.08. The number of aromatic nitrogens is 4. The number of hydrogen-bond acceptors (Lipinski definition) is 5. The van der Waals surface area contributed by atoms with Gasteiger partial charge in [0.25, 0.3) is 0 Å². The molecule has 0 aromatic carbocycles. The van der Waals surface area contributed by atoms with Gasteiger partial charge in [0.1, 0.15) is 12.0 Å². The standard InChI is InChI=1S/C15H12FN5S/c16-12-7-17-9-20-15(12)21-5-6-22-13(8-21)10-1-3-18-14-11(10)2-4-19-14/h1-4,7-9H,5-6H2,(H,18,19). The van der Waals surface area contributed by atoms with Gasteiger partial charge in [-0.15, -0.1) is 11.8 Å². The number of hydrogen-bond donors (Lipinski definition) is 1. The highest BCUT2D eigenvalue weighted by Gasteiger charge is 2.19. The van der Waals surface area contributed by atoms with E-state index in [1.54, 1.807) is 18.0 Å². The zero-order valence-electron chi connectivity index (χ0n) is 11.5. The molecule has 5 nitrogen and oxygen atoms in total. The molecule has 4 rings (SSSR count). The molecule has 0 fully saturated rings. The molecule has 3 aromatic rings. The molecule has 3 aromatic heterocycles. The van der Waals surface area contributed by atoms with Crippen molar-refractivity contribution in [3.63, 3.8) is 0 Å². The van der Waals surface area contributed by atoms with E-state index in [2.05, 4.69) is 19.9 Å². The van der Waals surface area contributed by atoms with Crippen LogP contribution >= 0.6 is 11.8 Å². The predicted molar refractivity (Wildman–Crippen MR) is 85.9 cm³/mol. The van der Waals surface area contributed by atoms with E-state index in [1.165, 1.54) is 12.5 Å². The van der Waals surface area contributed by atoms with Gasteiger partial charge in [-0.05, 0) is 12.1 Å². The molecule has 22 heavy (non-hydrogen) atoms. The molecule has 0 spiro atoms. The van der Waals surface area contributed by atoms with E-state index in [0.29, 0.717) is 12.4 Å². The summed E-state index contributed by atoms with van der Waals surface area (Å²) in [7, 11) is 0. The molecule has 4 heterocycles. The van der Waals surface area contributed by atoms with E-state index in [0.717, 1.165) is 27.3 Å². The minimum absolute atomic E-state index is 0.312. The molecule has 0 atom stereocenters. The van der Waals surface area contributed by atoms with Crippen LogP contribution in [0.1, 0.15) is 5.56 Å². The van der Waals surface area contributed by atoms with Crippen LogP contribution in [0.25, 0.3) is 15.9 Å². The molecule has 1 aliphatic rings. The molecule has 7 heteroatoms. The third-order valence-electron chi connectivity index (χ3n) is 3.51. The fraction of sp³-hybridized carbons (Fsp3) is 0.133. The Morgan fingerprint density at radius 1 is 1.27 bits per heavy atom. The smallest absolute Gasteiger partial charge is 0.184 e. The molecule has 0 radical (unpaired) electrons. The first-order valence-corrected chi connectivity index (χ1v) is 7.81. The topological polar surface area (TPSA) is 57.7 Å². The van der Waals surface area contributed by atoms with Crippen LogP contribution < -0.4 is 4.90 Å². The first-order valence-electron chi connectivity index (χ1n) is 6.82. The maximum atomic E-state index is 13.9. The van der Waals surface area contributed by atoms with Gasteiger partial charge in [-0.25, -0.2) is 19.3 Å². The van der Waals surface area contributed by atoms with Crippen molar-refractivity contribution in [1.82, 2.24) is 19.9 Å². The van der Waals surface area contributed by atoms with Crippen LogP contribution in [-0.2, 0) is 0 Å². The van der Waals surface area contributed by atoms with Gasteiger partial charge in [-0.1, -0.05) is 0 Å². The lowest BCUT2D eigenvalue weighted by Crippen LogP contribution is -2.25. The summed E-state index contributed by atoms with van der Waals surface area (Å²) in [5.41, 5.74) is 1.94. The monoisotopic (exact) mass is 313 g/mol. The first kappa shape index (κ1) is 13.3. The van der Waals surface area contributed by atoms with Crippen molar-refractivity contribution in [2.75, 3.05) is 17.2 Å². The van der Waals surface area contributed by atoms with Crippen molar-refractivity contribution in [3.05, 3.63) is 54.6 Å². The molecule has 1 aliphatic heterocycles. The number of nitrogens with zero attached hydrogens (tertiary/aromatic N) is 4. The second-order valence-electron chi connectivity index (χ2n) is 4.83. The number of halogens is 1. The third-order valence-corrected chi connectivity index (χ3v) is 4.53. The fourth-order valence-corrected chi connectivity index (χ4v) is 3.55. The summed E-state index contributed by atoms with van der Waals surface area (Å²) in [6, 6.07) is 3.98. The number of aromatic amines is 1. The summed E-state index contributed by atoms with van der Waals surface area (Å²) in [5, 5.41) is 1.06. The van der Waals surface area contributed by atoms with Crippen molar-refractivity contribution >= 4 is 33.5 Å². The normalized spacial score (nSPS) is 15.1. The van der Waals surface area contributed by atoms with E-state index < -0.39 is 5.82 Å². The predicted octanol–water partition coefficient (Wildman–Crippen LogP) is 3.04. The van der Waals surface area contributed by atoms with Gasteiger partial charge in [0.2, 0.25) is 0 Å². The van der Waals surface area contributed by atoms with E-state index in [9.17, 15) is 4.39 Å².